The molecular formula is C14H16F4N4O5. The first-order chi connectivity index (χ1) is 12.6. The van der Waals surface area contributed by atoms with Crippen LogP contribution in [0.4, 0.5) is 23.4 Å². The van der Waals surface area contributed by atoms with Crippen LogP contribution in [0.1, 0.15) is 11.8 Å². The standard InChI is InChI=1S/C14H16F4N4O5/c15-8-9(24)7(5-23)27-11(8)22-4-6(10(19)21-13(22)26)2-1-3-20-12(25)14(16,17)18/h1-2,4,7-9,11,23-24H,3,5H2,(H,20,25)(H2,19,21,26)/t7-,8?,9+,11-/m1/s1. The quantitative estimate of drug-likeness (QED) is 0.473. The van der Waals surface area contributed by atoms with Crippen LogP contribution in [0.25, 0.3) is 6.08 Å². The summed E-state index contributed by atoms with van der Waals surface area (Å²) in [7, 11) is 0. The molecule has 1 unspecified atom stereocenters. The van der Waals surface area contributed by atoms with Gasteiger partial charge in [-0.2, -0.15) is 18.2 Å². The number of carbonyl (C=O) groups excluding carboxylic acids is 1. The molecule has 9 nitrogen and oxygen atoms in total. The number of anilines is 1. The van der Waals surface area contributed by atoms with E-state index in [9.17, 15) is 32.3 Å². The van der Waals surface area contributed by atoms with Crippen molar-refractivity contribution in [1.29, 1.82) is 0 Å². The highest BCUT2D eigenvalue weighted by Gasteiger charge is 2.45. The summed E-state index contributed by atoms with van der Waals surface area (Å²) in [6.45, 7) is -1.17. The summed E-state index contributed by atoms with van der Waals surface area (Å²) in [5.41, 5.74) is 4.59. The van der Waals surface area contributed by atoms with Crippen LogP contribution >= 0.6 is 0 Å². The second-order valence-electron chi connectivity index (χ2n) is 5.56. The number of rotatable bonds is 5. The van der Waals surface area contributed by atoms with Crippen LogP contribution in [0, 0.1) is 0 Å². The molecule has 0 spiro atoms. The molecule has 5 N–H and O–H groups in total. The smallest absolute Gasteiger partial charge is 0.394 e. The van der Waals surface area contributed by atoms with Crippen molar-refractivity contribution in [3.8, 4) is 0 Å². The van der Waals surface area contributed by atoms with Gasteiger partial charge < -0.3 is 26.0 Å². The lowest BCUT2D eigenvalue weighted by Gasteiger charge is -2.16. The Morgan fingerprint density at radius 1 is 1.48 bits per heavy atom. The molecule has 27 heavy (non-hydrogen) atoms. The van der Waals surface area contributed by atoms with Gasteiger partial charge in [0.1, 0.15) is 18.0 Å². The number of halogens is 4. The van der Waals surface area contributed by atoms with Crippen molar-refractivity contribution in [2.24, 2.45) is 0 Å². The molecule has 2 rings (SSSR count). The number of nitrogens with zero attached hydrogens (tertiary/aromatic N) is 2. The van der Waals surface area contributed by atoms with E-state index in [1.807, 2.05) is 0 Å². The Bertz CT molecular complexity index is 782. The fourth-order valence-corrected chi connectivity index (χ4v) is 2.32. The van der Waals surface area contributed by atoms with Crippen molar-refractivity contribution >= 4 is 17.8 Å². The molecule has 1 saturated heterocycles. The second-order valence-corrected chi connectivity index (χ2v) is 5.56. The highest BCUT2D eigenvalue weighted by atomic mass is 19.4. The number of carbonyl (C=O) groups is 1. The molecule has 1 fully saturated rings. The largest absolute Gasteiger partial charge is 0.471 e. The number of nitrogens with two attached hydrogens (primary N) is 1. The average molecular weight is 396 g/mol. The third-order valence-corrected chi connectivity index (χ3v) is 3.69. The molecule has 4 atom stereocenters. The zero-order valence-electron chi connectivity index (χ0n) is 13.6. The number of aliphatic hydroxyl groups is 2. The predicted octanol–water partition coefficient (Wildman–Crippen LogP) is -0.894. The van der Waals surface area contributed by atoms with E-state index in [2.05, 4.69) is 4.98 Å². The normalized spacial score (nSPS) is 25.9. The summed E-state index contributed by atoms with van der Waals surface area (Å²) in [6.07, 6.45) is -8.23. The Morgan fingerprint density at radius 2 is 2.15 bits per heavy atom. The lowest BCUT2D eigenvalue weighted by Crippen LogP contribution is -2.36. The fourth-order valence-electron chi connectivity index (χ4n) is 2.32. The lowest BCUT2D eigenvalue weighted by atomic mass is 10.1. The number of nitrogens with one attached hydrogen (secondary N) is 1. The molecule has 0 bridgehead atoms. The summed E-state index contributed by atoms with van der Waals surface area (Å²) in [6, 6.07) is 0. The van der Waals surface area contributed by atoms with Gasteiger partial charge in [-0.3, -0.25) is 9.36 Å². The van der Waals surface area contributed by atoms with E-state index in [0.717, 1.165) is 18.3 Å². The van der Waals surface area contributed by atoms with Gasteiger partial charge in [0, 0.05) is 18.3 Å². The van der Waals surface area contributed by atoms with E-state index < -0.39 is 55.5 Å². The molecule has 13 heteroatoms. The van der Waals surface area contributed by atoms with Gasteiger partial charge in [0.2, 0.25) is 0 Å². The molecule has 1 amide bonds. The average Bonchev–Trinajstić information content (AvgIpc) is 2.87. The third-order valence-electron chi connectivity index (χ3n) is 3.69. The number of aromatic nitrogens is 2. The fraction of sp³-hybridized carbons (Fsp3) is 0.500. The molecular weight excluding hydrogens is 380 g/mol. The Morgan fingerprint density at radius 3 is 2.70 bits per heavy atom. The number of nitrogen functional groups attached to an aromatic ring is 1. The summed E-state index contributed by atoms with van der Waals surface area (Å²) in [5.74, 6) is -2.42. The summed E-state index contributed by atoms with van der Waals surface area (Å²) in [5, 5.41) is 20.3. The Labute approximate surface area is 149 Å². The molecule has 0 saturated carbocycles. The van der Waals surface area contributed by atoms with Gasteiger partial charge in [-0.1, -0.05) is 12.2 Å². The van der Waals surface area contributed by atoms with E-state index in [4.69, 9.17) is 15.6 Å². The third kappa shape index (κ3) is 4.61. The molecule has 2 heterocycles. The van der Waals surface area contributed by atoms with Crippen molar-refractivity contribution in [2.75, 3.05) is 18.9 Å². The van der Waals surface area contributed by atoms with Crippen LogP contribution < -0.4 is 16.7 Å². The van der Waals surface area contributed by atoms with E-state index in [1.54, 1.807) is 5.32 Å². The van der Waals surface area contributed by atoms with Crippen LogP contribution in [0.3, 0.4) is 0 Å². The summed E-state index contributed by atoms with van der Waals surface area (Å²) in [4.78, 5) is 26.1. The minimum absolute atomic E-state index is 0.0357. The van der Waals surface area contributed by atoms with Crippen molar-refractivity contribution in [3.63, 3.8) is 0 Å². The number of hydrogen-bond donors (Lipinski definition) is 4. The van der Waals surface area contributed by atoms with Gasteiger partial charge in [-0.05, 0) is 0 Å². The SMILES string of the molecule is Nc1nc(=O)n([C@@H]2O[C@H](CO)[C@H](O)C2F)cc1C=CCNC(=O)C(F)(F)F. The maximum Gasteiger partial charge on any atom is 0.471 e. The van der Waals surface area contributed by atoms with E-state index in [0.29, 0.717) is 4.57 Å². The van der Waals surface area contributed by atoms with E-state index >= 15 is 0 Å². The van der Waals surface area contributed by atoms with Crippen molar-refractivity contribution < 1.29 is 37.3 Å². The molecule has 0 aliphatic carbocycles. The van der Waals surface area contributed by atoms with Gasteiger partial charge >= 0.3 is 17.8 Å². The molecule has 1 aromatic rings. The monoisotopic (exact) mass is 396 g/mol. The minimum atomic E-state index is -5.03. The van der Waals surface area contributed by atoms with Gasteiger partial charge in [-0.15, -0.1) is 0 Å². The van der Waals surface area contributed by atoms with Crippen LogP contribution in [-0.2, 0) is 9.53 Å². The molecule has 0 aromatic carbocycles. The summed E-state index contributed by atoms with van der Waals surface area (Å²) < 4.78 is 56.2. The lowest BCUT2D eigenvalue weighted by molar-refractivity contribution is -0.173. The Hall–Kier alpha value is -2.51. The van der Waals surface area contributed by atoms with Crippen molar-refractivity contribution in [3.05, 3.63) is 28.3 Å². The summed E-state index contributed by atoms with van der Waals surface area (Å²) >= 11 is 0. The highest BCUT2D eigenvalue weighted by molar-refractivity contribution is 5.81. The van der Waals surface area contributed by atoms with Gasteiger partial charge in [0.25, 0.3) is 0 Å². The number of amides is 1. The van der Waals surface area contributed by atoms with Crippen LogP contribution in [-0.4, -0.2) is 63.4 Å². The number of alkyl halides is 4. The number of aliphatic hydroxyl groups excluding tert-OH is 2. The first-order valence-electron chi connectivity index (χ1n) is 7.55. The Kier molecular flexibility index (Phi) is 6.18. The number of hydrogen-bond acceptors (Lipinski definition) is 7. The van der Waals surface area contributed by atoms with Crippen LogP contribution in [0.15, 0.2) is 17.1 Å². The van der Waals surface area contributed by atoms with Gasteiger partial charge in [0.15, 0.2) is 12.4 Å². The minimum Gasteiger partial charge on any atom is -0.394 e. The van der Waals surface area contributed by atoms with E-state index in [1.165, 1.54) is 0 Å². The molecule has 0 radical (unpaired) electrons. The zero-order chi connectivity index (χ0) is 20.4. The second kappa shape index (κ2) is 8.02. The van der Waals surface area contributed by atoms with Crippen LogP contribution in [0.2, 0.25) is 0 Å². The Balaban J connectivity index is 2.18. The molecule has 1 aromatic heterocycles. The predicted molar refractivity (Wildman–Crippen MR) is 82.9 cm³/mol. The molecule has 1 aliphatic heterocycles. The van der Waals surface area contributed by atoms with Crippen molar-refractivity contribution in [1.82, 2.24) is 14.9 Å². The zero-order valence-corrected chi connectivity index (χ0v) is 13.6. The van der Waals surface area contributed by atoms with Gasteiger partial charge in [0.05, 0.1) is 6.61 Å². The van der Waals surface area contributed by atoms with Gasteiger partial charge in [-0.25, -0.2) is 9.18 Å². The number of ether oxygens (including phenoxy) is 1. The first-order valence-corrected chi connectivity index (χ1v) is 7.55. The maximum atomic E-state index is 14.1. The van der Waals surface area contributed by atoms with E-state index in [-0.39, 0.29) is 11.4 Å². The molecule has 150 valence electrons. The van der Waals surface area contributed by atoms with Crippen LogP contribution in [0.5, 0.6) is 0 Å². The highest BCUT2D eigenvalue weighted by Crippen LogP contribution is 2.31. The topological polar surface area (TPSA) is 140 Å². The molecule has 1 aliphatic rings. The van der Waals surface area contributed by atoms with Crippen molar-refractivity contribution in [2.45, 2.75) is 30.8 Å². The maximum absolute atomic E-state index is 14.1. The first kappa shape index (κ1) is 20.8.